The summed E-state index contributed by atoms with van der Waals surface area (Å²) < 4.78 is 22.3. The minimum absolute atomic E-state index is 0.127. The molecule has 1 aliphatic heterocycles. The molecule has 0 aromatic heterocycles. The van der Waals surface area contributed by atoms with Gasteiger partial charge in [-0.25, -0.2) is 0 Å². The molecule has 0 saturated carbocycles. The number of hydrogen-bond acceptors (Lipinski definition) is 4. The van der Waals surface area contributed by atoms with Crippen LogP contribution in [-0.2, 0) is 10.3 Å². The van der Waals surface area contributed by atoms with Crippen molar-refractivity contribution in [2.75, 3.05) is 19.7 Å². The number of piperidine rings is 1. The van der Waals surface area contributed by atoms with Crippen molar-refractivity contribution in [3.63, 3.8) is 0 Å². The van der Waals surface area contributed by atoms with Gasteiger partial charge in [0.15, 0.2) is 0 Å². The van der Waals surface area contributed by atoms with Gasteiger partial charge in [0.05, 0.1) is 10.9 Å². The summed E-state index contributed by atoms with van der Waals surface area (Å²) in [4.78, 5) is 2.60. The summed E-state index contributed by atoms with van der Waals surface area (Å²) >= 11 is 0. The Morgan fingerprint density at radius 1 is 1.29 bits per heavy atom. The molecule has 1 unspecified atom stereocenters. The van der Waals surface area contributed by atoms with E-state index in [0.717, 1.165) is 25.9 Å². The zero-order valence-electron chi connectivity index (χ0n) is 9.62. The van der Waals surface area contributed by atoms with Gasteiger partial charge in [-0.2, -0.15) is 8.42 Å². The number of hydrogen-bond donors (Lipinski definition) is 1. The Morgan fingerprint density at radius 2 is 2.00 bits per heavy atom. The Labute approximate surface area is 103 Å². The molecule has 0 radical (unpaired) electrons. The summed E-state index contributed by atoms with van der Waals surface area (Å²) in [5.74, 6) is 0.371. The summed E-state index contributed by atoms with van der Waals surface area (Å²) in [6.07, 6.45) is 9.09. The molecule has 17 heavy (non-hydrogen) atoms. The average molecular weight is 255 g/mol. The molecule has 0 amide bonds. The topological polar surface area (TPSA) is 57.6 Å². The van der Waals surface area contributed by atoms with Crippen molar-refractivity contribution in [1.29, 1.82) is 0 Å². The van der Waals surface area contributed by atoms with E-state index in [4.69, 9.17) is 5.11 Å². The Morgan fingerprint density at radius 3 is 2.59 bits per heavy atom. The van der Waals surface area contributed by atoms with Gasteiger partial charge >= 0.3 is 0 Å². The van der Waals surface area contributed by atoms with Crippen LogP contribution in [0.2, 0.25) is 0 Å². The van der Waals surface area contributed by atoms with Crippen molar-refractivity contribution in [2.24, 2.45) is 5.92 Å². The Balaban J connectivity index is 2.10. The first-order valence-electron chi connectivity index (χ1n) is 5.88. The van der Waals surface area contributed by atoms with Crippen LogP contribution in [0.25, 0.3) is 0 Å². The van der Waals surface area contributed by atoms with Gasteiger partial charge in [0.25, 0.3) is 0 Å². The van der Waals surface area contributed by atoms with Crippen LogP contribution in [0.1, 0.15) is 12.8 Å². The minimum Gasteiger partial charge on any atom is -0.396 e. The van der Waals surface area contributed by atoms with Crippen molar-refractivity contribution < 1.29 is 13.5 Å². The number of aliphatic hydroxyl groups is 1. The van der Waals surface area contributed by atoms with Crippen LogP contribution in [0.15, 0.2) is 24.3 Å². The van der Waals surface area contributed by atoms with Crippen LogP contribution < -0.4 is 0 Å². The summed E-state index contributed by atoms with van der Waals surface area (Å²) in [5, 5.41) is 9.08. The fourth-order valence-corrected chi connectivity index (χ4v) is 3.00. The lowest BCUT2D eigenvalue weighted by atomic mass is 9.95. The Hall–Kier alpha value is -0.910. The van der Waals surface area contributed by atoms with E-state index in [1.807, 2.05) is 12.2 Å². The van der Waals surface area contributed by atoms with Gasteiger partial charge < -0.3 is 5.11 Å². The zero-order chi connectivity index (χ0) is 12.3. The maximum atomic E-state index is 11.1. The summed E-state index contributed by atoms with van der Waals surface area (Å²) in [6, 6.07) is -0.127. The van der Waals surface area contributed by atoms with E-state index in [1.54, 1.807) is 12.2 Å². The van der Waals surface area contributed by atoms with Gasteiger partial charge in [-0.3, -0.25) is 4.90 Å². The van der Waals surface area contributed by atoms with Gasteiger partial charge in [-0.15, -0.1) is 0 Å². The molecule has 0 aromatic rings. The summed E-state index contributed by atoms with van der Waals surface area (Å²) in [7, 11) is -2.16. The van der Waals surface area contributed by atoms with Crippen LogP contribution in [-0.4, -0.2) is 49.0 Å². The lowest BCUT2D eigenvalue weighted by Crippen LogP contribution is -2.45. The molecule has 2 rings (SSSR count). The second-order valence-corrected chi connectivity index (χ2v) is 5.43. The average Bonchev–Trinajstić information content (AvgIpc) is 2.39. The third-order valence-corrected chi connectivity index (χ3v) is 4.21. The fraction of sp³-hybridized carbons (Fsp3) is 0.583. The molecule has 1 aliphatic carbocycles. The monoisotopic (exact) mass is 255 g/mol. The number of likely N-dealkylation sites (tertiary alicyclic amines) is 1. The SMILES string of the molecule is O=S(=O)=C1C=CC=CC1N1CCC(CO)CC1. The van der Waals surface area contributed by atoms with E-state index >= 15 is 0 Å². The fourth-order valence-electron chi connectivity index (χ4n) is 2.38. The standard InChI is InChI=1S/C12H17NO3S/c14-9-10-5-7-13(8-6-10)11-3-1-2-4-12(11)17(15)16/h1-4,10-11,14H,5-9H2. The predicted molar refractivity (Wildman–Crippen MR) is 67.4 cm³/mol. The largest absolute Gasteiger partial charge is 0.396 e. The molecule has 1 N–H and O–H groups in total. The second-order valence-electron chi connectivity index (χ2n) is 4.49. The van der Waals surface area contributed by atoms with Crippen LogP contribution in [0.3, 0.4) is 0 Å². The molecular formula is C12H17NO3S. The molecule has 1 fully saturated rings. The van der Waals surface area contributed by atoms with E-state index in [9.17, 15) is 8.42 Å². The lowest BCUT2D eigenvalue weighted by molar-refractivity contribution is 0.130. The molecule has 0 spiro atoms. The summed E-state index contributed by atoms with van der Waals surface area (Å²) in [5.41, 5.74) is 0. The van der Waals surface area contributed by atoms with Crippen molar-refractivity contribution >= 4 is 15.2 Å². The van der Waals surface area contributed by atoms with Crippen molar-refractivity contribution in [3.8, 4) is 0 Å². The lowest BCUT2D eigenvalue weighted by Gasteiger charge is -2.35. The third kappa shape index (κ3) is 2.86. The van der Waals surface area contributed by atoms with Gasteiger partial charge in [0.1, 0.15) is 0 Å². The zero-order valence-corrected chi connectivity index (χ0v) is 10.4. The number of rotatable bonds is 2. The molecule has 5 heteroatoms. The van der Waals surface area contributed by atoms with Crippen LogP contribution in [0.4, 0.5) is 0 Å². The highest BCUT2D eigenvalue weighted by Crippen LogP contribution is 2.20. The van der Waals surface area contributed by atoms with Crippen molar-refractivity contribution in [2.45, 2.75) is 18.9 Å². The number of allylic oxidation sites excluding steroid dienone is 2. The van der Waals surface area contributed by atoms with Crippen molar-refractivity contribution in [3.05, 3.63) is 24.3 Å². The molecule has 1 atom stereocenters. The van der Waals surface area contributed by atoms with E-state index in [2.05, 4.69) is 4.90 Å². The highest BCUT2D eigenvalue weighted by Gasteiger charge is 2.26. The Bertz CT molecular complexity index is 448. The van der Waals surface area contributed by atoms with Crippen LogP contribution in [0, 0.1) is 5.92 Å². The molecule has 2 aliphatic rings. The van der Waals surface area contributed by atoms with E-state index < -0.39 is 10.3 Å². The molecule has 1 saturated heterocycles. The molecule has 0 bridgehead atoms. The maximum Gasteiger partial charge on any atom is 0.219 e. The van der Waals surface area contributed by atoms with Crippen LogP contribution in [0.5, 0.6) is 0 Å². The second kappa shape index (κ2) is 5.62. The van der Waals surface area contributed by atoms with Gasteiger partial charge in [-0.05, 0) is 37.9 Å². The molecule has 1 heterocycles. The maximum absolute atomic E-state index is 11.1. The molecule has 0 aromatic carbocycles. The first-order chi connectivity index (χ1) is 8.22. The van der Waals surface area contributed by atoms with E-state index in [-0.39, 0.29) is 12.6 Å². The summed E-state index contributed by atoms with van der Waals surface area (Å²) in [6.45, 7) is 1.92. The van der Waals surface area contributed by atoms with Crippen molar-refractivity contribution in [1.82, 2.24) is 4.90 Å². The van der Waals surface area contributed by atoms with Crippen LogP contribution >= 0.6 is 0 Å². The van der Waals surface area contributed by atoms with Gasteiger partial charge in [0.2, 0.25) is 10.3 Å². The molecule has 94 valence electrons. The smallest absolute Gasteiger partial charge is 0.219 e. The van der Waals surface area contributed by atoms with Gasteiger partial charge in [-0.1, -0.05) is 18.2 Å². The first kappa shape index (κ1) is 12.5. The first-order valence-corrected chi connectivity index (χ1v) is 6.95. The normalized spacial score (nSPS) is 26.4. The van der Waals surface area contributed by atoms with E-state index in [1.165, 1.54) is 0 Å². The highest BCUT2D eigenvalue weighted by molar-refractivity contribution is 7.73. The Kier molecular flexibility index (Phi) is 4.15. The predicted octanol–water partition coefficient (Wildman–Crippen LogP) is 0.237. The molecular weight excluding hydrogens is 238 g/mol. The highest BCUT2D eigenvalue weighted by atomic mass is 32.2. The number of nitrogens with zero attached hydrogens (tertiary/aromatic N) is 1. The minimum atomic E-state index is -2.16. The van der Waals surface area contributed by atoms with E-state index in [0.29, 0.717) is 10.8 Å². The number of aliphatic hydroxyl groups excluding tert-OH is 1. The van der Waals surface area contributed by atoms with Gasteiger partial charge in [0, 0.05) is 6.61 Å². The quantitative estimate of drug-likeness (QED) is 0.718. The third-order valence-electron chi connectivity index (χ3n) is 3.45. The molecule has 4 nitrogen and oxygen atoms in total.